The number of benzene rings is 14. The van der Waals surface area contributed by atoms with Crippen molar-refractivity contribution in [2.24, 2.45) is 0 Å². The van der Waals surface area contributed by atoms with Gasteiger partial charge in [-0.3, -0.25) is 0 Å². The molecule has 0 radical (unpaired) electrons. The van der Waals surface area contributed by atoms with Gasteiger partial charge in [0.2, 0.25) is 0 Å². The van der Waals surface area contributed by atoms with E-state index in [9.17, 15) is 27.4 Å². The molecule has 0 bridgehead atoms. The first-order chi connectivity index (χ1) is 60.2. The molecular formula is C105H100BBr2Cl2N3O9P6. The van der Waals surface area contributed by atoms with Crippen LogP contribution in [0.2, 0.25) is 10.0 Å². The van der Waals surface area contributed by atoms with E-state index < -0.39 is 61.2 Å². The quantitative estimate of drug-likeness (QED) is 0.0625. The molecule has 12 nitrogen and oxygen atoms in total. The van der Waals surface area contributed by atoms with Crippen LogP contribution in [0.4, 0.5) is 0 Å². The van der Waals surface area contributed by atoms with E-state index in [4.69, 9.17) is 51.9 Å². The van der Waals surface area contributed by atoms with E-state index in [0.29, 0.717) is 22.5 Å². The third-order valence-electron chi connectivity index (χ3n) is 22.7. The summed E-state index contributed by atoms with van der Waals surface area (Å²) in [5.41, 5.74) is 17.7. The van der Waals surface area contributed by atoms with Gasteiger partial charge in [-0.15, -0.1) is 0 Å². The number of para-hydroxylation sites is 1. The lowest BCUT2D eigenvalue weighted by molar-refractivity contribution is 0.00578. The zero-order chi connectivity index (χ0) is 91.8. The number of nitrogens with zero attached hydrogens (tertiary/aromatic N) is 3. The topological polar surface area (TPSA) is 173 Å². The molecule has 23 heteroatoms. The molecule has 3 heterocycles. The smallest absolute Gasteiger partial charge is 0.456 e. The van der Waals surface area contributed by atoms with Crippen LogP contribution in [0.1, 0.15) is 27.7 Å². The van der Waals surface area contributed by atoms with Crippen molar-refractivity contribution < 1.29 is 41.1 Å². The first-order valence-corrected chi connectivity index (χ1v) is 59.6. The second-order valence-electron chi connectivity index (χ2n) is 35.5. The van der Waals surface area contributed by atoms with Gasteiger partial charge < -0.3 is 41.1 Å². The van der Waals surface area contributed by atoms with Gasteiger partial charge in [0.05, 0.1) is 11.2 Å². The molecule has 0 amide bonds. The fourth-order valence-corrected chi connectivity index (χ4v) is 22.3. The first kappa shape index (κ1) is 94.9. The zero-order valence-electron chi connectivity index (χ0n) is 74.3. The molecule has 0 N–H and O–H groups in total. The Morgan fingerprint density at radius 2 is 0.531 bits per heavy atom. The molecule has 0 unspecified atom stereocenters. The number of furan rings is 1. The maximum absolute atomic E-state index is 13.2. The molecule has 14 aromatic carbocycles. The maximum Gasteiger partial charge on any atom is 0.494 e. The van der Waals surface area contributed by atoms with Crippen LogP contribution in [0.3, 0.4) is 0 Å². The summed E-state index contributed by atoms with van der Waals surface area (Å²) in [7, 11) is -15.1. The van der Waals surface area contributed by atoms with Gasteiger partial charge in [-0.05, 0) is 312 Å². The second kappa shape index (κ2) is 38.3. The Hall–Kier alpha value is -9.21. The minimum absolute atomic E-state index is 0.457. The van der Waals surface area contributed by atoms with Crippen LogP contribution in [0.15, 0.2) is 329 Å². The highest BCUT2D eigenvalue weighted by atomic mass is 79.9. The van der Waals surface area contributed by atoms with E-state index in [1.165, 1.54) is 0 Å². The lowest BCUT2D eigenvalue weighted by Gasteiger charge is -2.32. The summed E-state index contributed by atoms with van der Waals surface area (Å²) >= 11 is 18.7. The van der Waals surface area contributed by atoms with Crippen molar-refractivity contribution in [2.75, 3.05) is 80.0 Å². The van der Waals surface area contributed by atoms with E-state index in [1.807, 2.05) is 264 Å². The number of hydrogen-bond donors (Lipinski definition) is 0. The van der Waals surface area contributed by atoms with Crippen molar-refractivity contribution in [2.45, 2.75) is 38.9 Å². The number of halogens is 4. The monoisotopic (exact) mass is 1970 g/mol. The minimum atomic E-state index is -2.54. The van der Waals surface area contributed by atoms with Crippen LogP contribution in [-0.2, 0) is 36.7 Å². The van der Waals surface area contributed by atoms with Gasteiger partial charge >= 0.3 is 7.12 Å². The van der Waals surface area contributed by atoms with E-state index in [0.717, 1.165) is 168 Å². The Bertz CT molecular complexity index is 6940. The summed E-state index contributed by atoms with van der Waals surface area (Å²) in [5.74, 6) is 1.53. The normalized spacial score (nSPS) is 13.4. The van der Waals surface area contributed by atoms with Gasteiger partial charge in [0.25, 0.3) is 0 Å². The van der Waals surface area contributed by atoms with Gasteiger partial charge in [0.15, 0.2) is 17.5 Å². The van der Waals surface area contributed by atoms with Crippen LogP contribution in [0.5, 0.6) is 0 Å². The van der Waals surface area contributed by atoms with Crippen molar-refractivity contribution in [3.63, 3.8) is 0 Å². The Kier molecular flexibility index (Phi) is 28.4. The third-order valence-corrected chi connectivity index (χ3v) is 33.2. The first-order valence-electron chi connectivity index (χ1n) is 41.6. The molecule has 128 heavy (non-hydrogen) atoms. The maximum atomic E-state index is 13.2. The van der Waals surface area contributed by atoms with Crippen LogP contribution < -0.4 is 37.3 Å². The van der Waals surface area contributed by atoms with Crippen molar-refractivity contribution in [3.8, 4) is 112 Å². The Morgan fingerprint density at radius 1 is 0.258 bits per heavy atom. The molecule has 16 aromatic rings. The molecule has 1 fully saturated rings. The van der Waals surface area contributed by atoms with Gasteiger partial charge in [-0.1, -0.05) is 249 Å². The average Bonchev–Trinajstić information content (AvgIpc) is 1.56. The minimum Gasteiger partial charge on any atom is -0.456 e. The van der Waals surface area contributed by atoms with Crippen molar-refractivity contribution in [3.05, 3.63) is 334 Å². The molecular weight excluding hydrogens is 1870 g/mol. The number of fused-ring (bicyclic) bond motifs is 3. The predicted octanol–water partition coefficient (Wildman–Crippen LogP) is 28.1. The van der Waals surface area contributed by atoms with Crippen molar-refractivity contribution in [1.82, 2.24) is 15.0 Å². The molecule has 0 spiro atoms. The molecule has 1 aliphatic rings. The summed E-state index contributed by atoms with van der Waals surface area (Å²) in [6, 6.07) is 104. The molecule has 17 rings (SSSR count). The van der Waals surface area contributed by atoms with Crippen LogP contribution in [-0.4, -0.2) is 113 Å². The molecule has 1 saturated heterocycles. The summed E-state index contributed by atoms with van der Waals surface area (Å²) in [6.45, 7) is 29.6. The van der Waals surface area contributed by atoms with Crippen LogP contribution in [0, 0.1) is 0 Å². The number of rotatable bonds is 17. The lowest BCUT2D eigenvalue weighted by Crippen LogP contribution is -2.41. The zero-order valence-corrected chi connectivity index (χ0v) is 84.4. The van der Waals surface area contributed by atoms with Gasteiger partial charge in [-0.25, -0.2) is 15.0 Å². The fraction of sp³-hybridized carbons (Fsp3) is 0.171. The Morgan fingerprint density at radius 3 is 0.898 bits per heavy atom. The largest absolute Gasteiger partial charge is 0.494 e. The van der Waals surface area contributed by atoms with Gasteiger partial charge in [0.1, 0.15) is 54.0 Å². The summed E-state index contributed by atoms with van der Waals surface area (Å²) in [5, 5.41) is 8.43. The second-order valence-corrected chi connectivity index (χ2v) is 57.5. The molecule has 2 aromatic heterocycles. The van der Waals surface area contributed by atoms with Crippen LogP contribution >= 0.6 is 97.9 Å². The van der Waals surface area contributed by atoms with E-state index >= 15 is 0 Å². The average molecular weight is 1980 g/mol. The molecule has 0 aliphatic carbocycles. The predicted molar refractivity (Wildman–Crippen MR) is 556 cm³/mol. The Labute approximate surface area is 779 Å². The summed E-state index contributed by atoms with van der Waals surface area (Å²) in [4.78, 5) is 15.5. The summed E-state index contributed by atoms with van der Waals surface area (Å²) < 4.78 is 97.9. The van der Waals surface area contributed by atoms with Gasteiger partial charge in [0, 0.05) is 78.3 Å². The van der Waals surface area contributed by atoms with Crippen molar-refractivity contribution in [1.29, 1.82) is 0 Å². The molecule has 1 aliphatic heterocycles. The molecule has 650 valence electrons. The highest BCUT2D eigenvalue weighted by molar-refractivity contribution is 9.11. The van der Waals surface area contributed by atoms with E-state index in [2.05, 4.69) is 111 Å². The van der Waals surface area contributed by atoms with Crippen molar-refractivity contribution >= 4 is 164 Å². The van der Waals surface area contributed by atoms with Gasteiger partial charge in [-0.2, -0.15) is 0 Å². The standard InChI is InChI=1S/C49H39N3O3P2.C28H35BO4P2.C22H23ClO2P2.C6H3Br2Cl/c1-56(2,53)41-19-11-16-34(29-41)38-26-39(35-17-12-20-42(30-35)57(3,4)54)28-40(27-38)49-51-47(36-18-10-15-33(25-36)32-13-6-5-7-14-32)50-48(52-49)37-23-24-44-43-21-8-9-22-45(43)55-46(44)31-37;1-27(2)28(3,4)33-29(32-27)24-16-22(20-11-9-13-25(18-20)34(5,6)30)15-23(17-24)21-12-10-14-26(19-21)35(7,8)31;1-26(2,24)21-9-5-7-16(14-21)18-11-19(13-20(23)12-18)17-8-6-10-22(15-17)27(3,4)25;7-4-1-5(8)3-6(9)2-4/h5-31H,1-4H3;9-19H,1-8H3;5-15H,1-4H3;1-3H. The lowest BCUT2D eigenvalue weighted by atomic mass is 9.76. The third kappa shape index (κ3) is 23.2. The van der Waals surface area contributed by atoms with Crippen LogP contribution in [0.25, 0.3) is 134 Å². The summed E-state index contributed by atoms with van der Waals surface area (Å²) in [6.07, 6.45) is 0. The number of hydrogen-bond acceptors (Lipinski definition) is 12. The number of aromatic nitrogens is 3. The van der Waals surface area contributed by atoms with E-state index in [1.54, 1.807) is 80.0 Å². The molecule has 0 atom stereocenters. The highest BCUT2D eigenvalue weighted by Crippen LogP contribution is 2.46. The van der Waals surface area contributed by atoms with E-state index in [-0.39, 0.29) is 0 Å². The highest BCUT2D eigenvalue weighted by Gasteiger charge is 2.52. The SMILES string of the molecule is CC1(C)OB(c2cc(-c3cccc(P(C)(C)=O)c3)cc(-c3cccc(P(C)(C)=O)c3)c2)OC1(C)C.CP(C)(=O)c1cccc(-c2cc(-c3cccc(P(C)(C)=O)c3)cc(-c3nc(-c4cccc(-c5ccccc5)c4)nc(-c4ccc5c(c4)oc4ccccc45)n3)c2)c1.CP(C)(=O)c1cccc(-c2cc(Cl)cc(-c3cccc(P(C)(C)=O)c3)c2)c1.Clc1cc(Br)cc(Br)c1. The Balaban J connectivity index is 0.000000159. The molecule has 0 saturated carbocycles. The fourth-order valence-electron chi connectivity index (χ4n) is 14.9.